The van der Waals surface area contributed by atoms with Crippen molar-refractivity contribution in [1.82, 2.24) is 10.2 Å². The van der Waals surface area contributed by atoms with Gasteiger partial charge in [0.2, 0.25) is 0 Å². The van der Waals surface area contributed by atoms with Crippen LogP contribution in [0.4, 0.5) is 19.7 Å². The Labute approximate surface area is 215 Å². The number of ether oxygens (including phenoxy) is 1. The van der Waals surface area contributed by atoms with Gasteiger partial charge in [0, 0.05) is 24.3 Å². The first-order valence-electron chi connectivity index (χ1n) is 12.9. The summed E-state index contributed by atoms with van der Waals surface area (Å²) < 4.78 is 19.0. The van der Waals surface area contributed by atoms with Gasteiger partial charge in [0.1, 0.15) is 11.6 Å². The van der Waals surface area contributed by atoms with Crippen LogP contribution in [0.15, 0.2) is 72.8 Å². The minimum atomic E-state index is -0.382. The van der Waals surface area contributed by atoms with Crippen LogP contribution in [0.1, 0.15) is 55.2 Å². The largest absolute Gasteiger partial charge is 0.413 e. The van der Waals surface area contributed by atoms with Crippen molar-refractivity contribution in [2.24, 2.45) is 0 Å². The van der Waals surface area contributed by atoms with Crippen molar-refractivity contribution in [1.29, 1.82) is 0 Å². The van der Waals surface area contributed by atoms with Crippen LogP contribution < -0.4 is 15.4 Å². The van der Waals surface area contributed by atoms with E-state index in [0.29, 0.717) is 18.8 Å². The minimum absolute atomic E-state index is 0.107. The second-order valence-corrected chi connectivity index (χ2v) is 10.7. The van der Waals surface area contributed by atoms with Crippen molar-refractivity contribution >= 4 is 17.8 Å². The highest BCUT2D eigenvalue weighted by atomic mass is 19.1. The zero-order valence-electron chi connectivity index (χ0n) is 20.6. The maximum absolute atomic E-state index is 13.5. The third kappa shape index (κ3) is 4.66. The number of nitrogens with one attached hydrogen (secondary N) is 2. The van der Waals surface area contributed by atoms with Gasteiger partial charge in [0.25, 0.3) is 0 Å². The minimum Gasteiger partial charge on any atom is -0.410 e. The van der Waals surface area contributed by atoms with E-state index in [2.05, 4.69) is 22.8 Å². The Morgan fingerprint density at radius 1 is 0.811 bits per heavy atom. The molecule has 1 aliphatic heterocycles. The van der Waals surface area contributed by atoms with Crippen LogP contribution >= 0.6 is 0 Å². The molecule has 3 saturated carbocycles. The fourth-order valence-electron chi connectivity index (χ4n) is 6.26. The van der Waals surface area contributed by atoms with Crippen molar-refractivity contribution in [2.75, 3.05) is 5.32 Å². The van der Waals surface area contributed by atoms with Gasteiger partial charge in [-0.1, -0.05) is 36.4 Å². The second-order valence-electron chi connectivity index (χ2n) is 10.7. The Morgan fingerprint density at radius 3 is 2.19 bits per heavy atom. The van der Waals surface area contributed by atoms with Crippen molar-refractivity contribution in [2.45, 2.75) is 62.6 Å². The number of hydrogen-bond donors (Lipinski definition) is 2. The molecule has 3 amide bonds. The molecule has 0 unspecified atom stereocenters. The lowest BCUT2D eigenvalue weighted by Gasteiger charge is -2.53. The van der Waals surface area contributed by atoms with E-state index in [4.69, 9.17) is 4.74 Å². The Balaban J connectivity index is 1.05. The van der Waals surface area contributed by atoms with Crippen molar-refractivity contribution in [3.63, 3.8) is 0 Å². The number of carbonyl (C=O) groups is 2. The number of para-hydroxylation sites is 1. The Kier molecular flexibility index (Phi) is 5.86. The second kappa shape index (κ2) is 9.21. The first-order chi connectivity index (χ1) is 17.9. The number of hydrogen-bond acceptors (Lipinski definition) is 3. The van der Waals surface area contributed by atoms with Crippen LogP contribution in [-0.4, -0.2) is 22.6 Å². The third-order valence-corrected chi connectivity index (χ3v) is 8.49. The number of benzene rings is 3. The fourth-order valence-corrected chi connectivity index (χ4v) is 6.26. The van der Waals surface area contributed by atoms with E-state index < -0.39 is 0 Å². The summed E-state index contributed by atoms with van der Waals surface area (Å²) in [6.07, 6.45) is 5.40. The van der Waals surface area contributed by atoms with Crippen molar-refractivity contribution < 1.29 is 18.7 Å². The van der Waals surface area contributed by atoms with Gasteiger partial charge in [-0.3, -0.25) is 0 Å². The number of rotatable bonds is 4. The molecule has 3 aliphatic carbocycles. The molecule has 3 aromatic carbocycles. The molecule has 3 aromatic rings. The van der Waals surface area contributed by atoms with E-state index in [1.165, 1.54) is 17.7 Å². The van der Waals surface area contributed by atoms with Gasteiger partial charge in [-0.15, -0.1) is 0 Å². The quantitative estimate of drug-likeness (QED) is 0.430. The summed E-state index contributed by atoms with van der Waals surface area (Å²) in [4.78, 5) is 27.0. The predicted molar refractivity (Wildman–Crippen MR) is 139 cm³/mol. The number of anilines is 1. The van der Waals surface area contributed by atoms with Gasteiger partial charge in [-0.2, -0.15) is 0 Å². The maximum Gasteiger partial charge on any atom is 0.413 e. The van der Waals surface area contributed by atoms with Crippen LogP contribution in [0.5, 0.6) is 5.75 Å². The van der Waals surface area contributed by atoms with Crippen LogP contribution in [-0.2, 0) is 18.5 Å². The van der Waals surface area contributed by atoms with E-state index in [1.54, 1.807) is 23.1 Å². The van der Waals surface area contributed by atoms with Crippen LogP contribution in [0, 0.1) is 5.82 Å². The fraction of sp³-hybridized carbons (Fsp3) is 0.333. The number of urea groups is 1. The van der Waals surface area contributed by atoms with Gasteiger partial charge in [0.15, 0.2) is 0 Å². The van der Waals surface area contributed by atoms with Crippen molar-refractivity contribution in [3.8, 4) is 5.75 Å². The molecule has 6 nitrogen and oxygen atoms in total. The van der Waals surface area contributed by atoms with Crippen LogP contribution in [0.25, 0.3) is 0 Å². The summed E-state index contributed by atoms with van der Waals surface area (Å²) in [6.45, 7) is 0.895. The molecule has 4 aliphatic rings. The molecule has 2 bridgehead atoms. The summed E-state index contributed by atoms with van der Waals surface area (Å²) in [5.74, 6) is 0.272. The molecule has 7 heteroatoms. The maximum atomic E-state index is 13.5. The Bertz CT molecular complexity index is 1300. The summed E-state index contributed by atoms with van der Waals surface area (Å²) in [6, 6.07) is 21.8. The molecule has 37 heavy (non-hydrogen) atoms. The van der Waals surface area contributed by atoms with E-state index in [-0.39, 0.29) is 28.9 Å². The first kappa shape index (κ1) is 23.5. The molecule has 1 heterocycles. The topological polar surface area (TPSA) is 70.7 Å². The first-order valence-corrected chi connectivity index (χ1v) is 12.9. The highest BCUT2D eigenvalue weighted by Crippen LogP contribution is 2.53. The lowest BCUT2D eigenvalue weighted by molar-refractivity contribution is 0.0763. The predicted octanol–water partition coefficient (Wildman–Crippen LogP) is 6.51. The summed E-state index contributed by atoms with van der Waals surface area (Å²) in [7, 11) is 0. The summed E-state index contributed by atoms with van der Waals surface area (Å²) in [5.41, 5.74) is 3.79. The van der Waals surface area contributed by atoms with Crippen LogP contribution in [0.2, 0.25) is 0 Å². The summed E-state index contributed by atoms with van der Waals surface area (Å²) in [5, 5.41) is 6.15. The summed E-state index contributed by atoms with van der Waals surface area (Å²) >= 11 is 0. The molecule has 0 atom stereocenters. The van der Waals surface area contributed by atoms with Crippen LogP contribution in [0.3, 0.4) is 0 Å². The van der Waals surface area contributed by atoms with E-state index in [1.807, 2.05) is 30.3 Å². The number of halogens is 1. The molecule has 2 N–H and O–H groups in total. The molecule has 0 saturated heterocycles. The molecule has 7 rings (SSSR count). The molecule has 0 aromatic heterocycles. The van der Waals surface area contributed by atoms with Gasteiger partial charge >= 0.3 is 12.1 Å². The smallest absolute Gasteiger partial charge is 0.410 e. The Morgan fingerprint density at radius 2 is 1.49 bits per heavy atom. The zero-order valence-corrected chi connectivity index (χ0v) is 20.6. The monoisotopic (exact) mass is 499 g/mol. The molecule has 0 radical (unpaired) electrons. The van der Waals surface area contributed by atoms with Gasteiger partial charge in [0.05, 0.1) is 0 Å². The highest BCUT2D eigenvalue weighted by Gasteiger charge is 2.50. The standard InChI is InChI=1S/C30H30FN3O3/c31-24-9-6-21-19-34(20-22(21)18-24)27(35)32-25-10-7-23(8-11-25)29-12-15-30(16-13-29,17-14-29)33-28(36)37-26-4-2-1-3-5-26/h1-11,18H,12-17,19-20H2,(H,32,35)(H,33,36). The van der Waals surface area contributed by atoms with Crippen molar-refractivity contribution in [3.05, 3.63) is 95.3 Å². The molecule has 190 valence electrons. The average molecular weight is 500 g/mol. The normalized spacial score (nSPS) is 23.9. The number of nitrogens with zero attached hydrogens (tertiary/aromatic N) is 1. The SMILES string of the molecule is O=C(NC12CCC(c3ccc(NC(=O)N4Cc5ccc(F)cc5C4)cc3)(CC1)CC2)Oc1ccccc1. The number of fused-ring (bicyclic) bond motifs is 4. The average Bonchev–Trinajstić information content (AvgIpc) is 3.34. The van der Waals surface area contributed by atoms with E-state index in [9.17, 15) is 14.0 Å². The van der Waals surface area contributed by atoms with E-state index >= 15 is 0 Å². The molecular weight excluding hydrogens is 469 g/mol. The number of carbonyl (C=O) groups excluding carboxylic acids is 2. The third-order valence-electron chi connectivity index (χ3n) is 8.49. The van der Waals surface area contributed by atoms with Gasteiger partial charge in [-0.25, -0.2) is 14.0 Å². The number of amides is 3. The zero-order chi connectivity index (χ0) is 25.5. The van der Waals surface area contributed by atoms with Gasteiger partial charge < -0.3 is 20.3 Å². The molecular formula is C30H30FN3O3. The van der Waals surface area contributed by atoms with E-state index in [0.717, 1.165) is 55.3 Å². The highest BCUT2D eigenvalue weighted by molar-refractivity contribution is 5.89. The molecule has 3 fully saturated rings. The molecule has 0 spiro atoms. The Hall–Kier alpha value is -3.87. The lowest BCUT2D eigenvalue weighted by atomic mass is 9.55. The van der Waals surface area contributed by atoms with Gasteiger partial charge in [-0.05, 0) is 97.0 Å². The lowest BCUT2D eigenvalue weighted by Crippen LogP contribution is -2.58.